The van der Waals surface area contributed by atoms with Gasteiger partial charge in [-0.2, -0.15) is 0 Å². The second-order valence-electron chi connectivity index (χ2n) is 5.93. The smallest absolute Gasteiger partial charge is 0.224 e. The normalized spacial score (nSPS) is 22.6. The van der Waals surface area contributed by atoms with Crippen LogP contribution in [0.4, 0.5) is 0 Å². The number of carbonyl (C=O) groups excluding carboxylic acids is 1. The molecule has 1 amide bonds. The monoisotopic (exact) mass is 343 g/mol. The number of carbonyl (C=O) groups is 1. The highest BCUT2D eigenvalue weighted by Gasteiger charge is 2.30. The number of nitrogens with zero attached hydrogens (tertiary/aromatic N) is 1. The molecule has 1 saturated heterocycles. The first-order valence-corrected chi connectivity index (χ1v) is 9.64. The van der Waals surface area contributed by atoms with Crippen molar-refractivity contribution < 1.29 is 13.2 Å². The van der Waals surface area contributed by atoms with E-state index in [0.29, 0.717) is 0 Å². The minimum Gasteiger partial charge on any atom is -0.337 e. The van der Waals surface area contributed by atoms with Gasteiger partial charge < -0.3 is 4.90 Å². The van der Waals surface area contributed by atoms with E-state index in [4.69, 9.17) is 11.6 Å². The summed E-state index contributed by atoms with van der Waals surface area (Å²) >= 11 is 5.94. The molecule has 1 fully saturated rings. The van der Waals surface area contributed by atoms with E-state index in [-0.39, 0.29) is 40.1 Å². The number of likely N-dealkylation sites (tertiary alicyclic amines) is 1. The molecule has 2 atom stereocenters. The number of sulfone groups is 1. The van der Waals surface area contributed by atoms with Gasteiger partial charge in [0, 0.05) is 18.5 Å². The van der Waals surface area contributed by atoms with Crippen molar-refractivity contribution in [2.45, 2.75) is 56.5 Å². The van der Waals surface area contributed by atoms with E-state index in [1.54, 1.807) is 18.2 Å². The summed E-state index contributed by atoms with van der Waals surface area (Å²) in [6.45, 7) is 4.05. The van der Waals surface area contributed by atoms with Crippen molar-refractivity contribution in [1.29, 1.82) is 0 Å². The summed E-state index contributed by atoms with van der Waals surface area (Å²) in [6, 6.07) is 6.71. The van der Waals surface area contributed by atoms with Gasteiger partial charge in [-0.05, 0) is 45.2 Å². The molecule has 22 heavy (non-hydrogen) atoms. The lowest BCUT2D eigenvalue weighted by Gasteiger charge is -2.39. The van der Waals surface area contributed by atoms with E-state index in [9.17, 15) is 13.2 Å². The van der Waals surface area contributed by atoms with Gasteiger partial charge in [0.1, 0.15) is 0 Å². The average molecular weight is 344 g/mol. The zero-order valence-corrected chi connectivity index (χ0v) is 14.5. The molecule has 1 heterocycles. The van der Waals surface area contributed by atoms with Gasteiger partial charge in [-0.15, -0.1) is 0 Å². The summed E-state index contributed by atoms with van der Waals surface area (Å²) in [5, 5.41) is 0.203. The van der Waals surface area contributed by atoms with E-state index in [2.05, 4.69) is 0 Å². The molecule has 2 rings (SSSR count). The Morgan fingerprint density at radius 3 is 2.41 bits per heavy atom. The van der Waals surface area contributed by atoms with Crippen molar-refractivity contribution in [2.75, 3.05) is 5.75 Å². The van der Waals surface area contributed by atoms with E-state index in [0.717, 1.165) is 19.3 Å². The van der Waals surface area contributed by atoms with E-state index in [1.165, 1.54) is 6.07 Å². The maximum absolute atomic E-state index is 12.4. The van der Waals surface area contributed by atoms with E-state index < -0.39 is 9.84 Å². The van der Waals surface area contributed by atoms with Gasteiger partial charge in [0.15, 0.2) is 9.84 Å². The van der Waals surface area contributed by atoms with Gasteiger partial charge in [-0.1, -0.05) is 23.7 Å². The summed E-state index contributed by atoms with van der Waals surface area (Å²) in [5.74, 6) is -0.291. The number of halogens is 1. The number of amides is 1. The van der Waals surface area contributed by atoms with E-state index >= 15 is 0 Å². The predicted molar refractivity (Wildman–Crippen MR) is 87.7 cm³/mol. The molecule has 0 spiro atoms. The summed E-state index contributed by atoms with van der Waals surface area (Å²) in [4.78, 5) is 14.4. The van der Waals surface area contributed by atoms with Crippen LogP contribution in [0.25, 0.3) is 0 Å². The molecule has 1 aliphatic rings. The molecule has 4 nitrogen and oxygen atoms in total. The fourth-order valence-corrected chi connectivity index (χ4v) is 4.87. The first-order chi connectivity index (χ1) is 10.3. The summed E-state index contributed by atoms with van der Waals surface area (Å²) in [6.07, 6.45) is 3.08. The van der Waals surface area contributed by atoms with Crippen molar-refractivity contribution in [3.63, 3.8) is 0 Å². The molecule has 1 aromatic rings. The zero-order chi connectivity index (χ0) is 16.3. The topological polar surface area (TPSA) is 54.5 Å². The molecule has 6 heteroatoms. The Bertz CT molecular complexity index is 635. The average Bonchev–Trinajstić information content (AvgIpc) is 2.45. The maximum atomic E-state index is 12.4. The van der Waals surface area contributed by atoms with Crippen LogP contribution >= 0.6 is 11.6 Å². The first-order valence-electron chi connectivity index (χ1n) is 7.61. The van der Waals surface area contributed by atoms with Gasteiger partial charge in [-0.25, -0.2) is 8.42 Å². The highest BCUT2D eigenvalue weighted by molar-refractivity contribution is 7.91. The van der Waals surface area contributed by atoms with Gasteiger partial charge in [0.25, 0.3) is 0 Å². The Hall–Kier alpha value is -1.07. The minimum absolute atomic E-state index is 0.00222. The molecule has 0 radical (unpaired) electrons. The minimum atomic E-state index is -3.54. The molecule has 122 valence electrons. The molecule has 2 unspecified atom stereocenters. The van der Waals surface area contributed by atoms with Gasteiger partial charge in [0.05, 0.1) is 15.7 Å². The molecule has 0 aromatic heterocycles. The first kappa shape index (κ1) is 17.3. The molecule has 0 N–H and O–H groups in total. The lowest BCUT2D eigenvalue weighted by molar-refractivity contribution is -0.136. The third-order valence-electron chi connectivity index (χ3n) is 4.24. The fraction of sp³-hybridized carbons (Fsp3) is 0.562. The van der Waals surface area contributed by atoms with Gasteiger partial charge >= 0.3 is 0 Å². The Balaban J connectivity index is 2.06. The lowest BCUT2D eigenvalue weighted by atomic mass is 9.97. The molecule has 0 bridgehead atoms. The number of rotatable bonds is 4. The van der Waals surface area contributed by atoms with Gasteiger partial charge in [-0.3, -0.25) is 4.79 Å². The molecule has 1 aromatic carbocycles. The second kappa shape index (κ2) is 7.01. The van der Waals surface area contributed by atoms with Crippen LogP contribution in [0.15, 0.2) is 29.2 Å². The number of benzene rings is 1. The zero-order valence-electron chi connectivity index (χ0n) is 13.0. The van der Waals surface area contributed by atoms with Crippen LogP contribution in [-0.2, 0) is 14.6 Å². The third kappa shape index (κ3) is 3.82. The van der Waals surface area contributed by atoms with Crippen LogP contribution in [0.1, 0.15) is 39.5 Å². The third-order valence-corrected chi connectivity index (χ3v) is 6.45. The number of hydrogen-bond acceptors (Lipinski definition) is 3. The van der Waals surface area contributed by atoms with Crippen molar-refractivity contribution in [1.82, 2.24) is 4.90 Å². The highest BCUT2D eigenvalue weighted by Crippen LogP contribution is 2.25. The Morgan fingerprint density at radius 2 is 1.82 bits per heavy atom. The Kier molecular flexibility index (Phi) is 5.50. The van der Waals surface area contributed by atoms with Crippen LogP contribution in [0.3, 0.4) is 0 Å². The highest BCUT2D eigenvalue weighted by atomic mass is 35.5. The molecular weight excluding hydrogens is 322 g/mol. The Labute approximate surface area is 137 Å². The SMILES string of the molecule is CC1CCCC(C)N1C(=O)CCS(=O)(=O)c1ccccc1Cl. The van der Waals surface area contributed by atoms with Crippen LogP contribution in [0.5, 0.6) is 0 Å². The van der Waals surface area contributed by atoms with E-state index in [1.807, 2.05) is 18.7 Å². The largest absolute Gasteiger partial charge is 0.337 e. The van der Waals surface area contributed by atoms with Crippen LogP contribution in [0, 0.1) is 0 Å². The quantitative estimate of drug-likeness (QED) is 0.842. The molecule has 0 aliphatic carbocycles. The van der Waals surface area contributed by atoms with Crippen molar-refractivity contribution in [3.05, 3.63) is 29.3 Å². The van der Waals surface area contributed by atoms with Crippen LogP contribution < -0.4 is 0 Å². The fourth-order valence-electron chi connectivity index (χ4n) is 3.07. The van der Waals surface area contributed by atoms with Gasteiger partial charge in [0.2, 0.25) is 5.91 Å². The summed E-state index contributed by atoms with van der Waals surface area (Å²) in [7, 11) is -3.54. The standard InChI is InChI=1S/C16H22ClNO3S/c1-12-6-5-7-13(2)18(12)16(19)10-11-22(20,21)15-9-4-3-8-14(15)17/h3-4,8-9,12-13H,5-7,10-11H2,1-2H3. The number of piperidine rings is 1. The molecule has 1 aliphatic heterocycles. The van der Waals surface area contributed by atoms with Crippen molar-refractivity contribution in [3.8, 4) is 0 Å². The van der Waals surface area contributed by atoms with Crippen LogP contribution in [0.2, 0.25) is 5.02 Å². The lowest BCUT2D eigenvalue weighted by Crippen LogP contribution is -2.47. The van der Waals surface area contributed by atoms with Crippen LogP contribution in [-0.4, -0.2) is 37.1 Å². The maximum Gasteiger partial charge on any atom is 0.224 e. The number of hydrogen-bond donors (Lipinski definition) is 0. The second-order valence-corrected chi connectivity index (χ2v) is 8.41. The van der Waals surface area contributed by atoms with Crippen molar-refractivity contribution in [2.24, 2.45) is 0 Å². The Morgan fingerprint density at radius 1 is 1.23 bits per heavy atom. The van der Waals surface area contributed by atoms with Crippen molar-refractivity contribution >= 4 is 27.3 Å². The molecular formula is C16H22ClNO3S. The molecule has 0 saturated carbocycles. The predicted octanol–water partition coefficient (Wildman–Crippen LogP) is 3.29. The summed E-state index contributed by atoms with van der Waals surface area (Å²) in [5.41, 5.74) is 0. The summed E-state index contributed by atoms with van der Waals surface area (Å²) < 4.78 is 24.7.